The molecule has 1 aliphatic heterocycles. The third-order valence-corrected chi connectivity index (χ3v) is 7.84. The van der Waals surface area contributed by atoms with Gasteiger partial charge < -0.3 is 30.9 Å². The van der Waals surface area contributed by atoms with E-state index < -0.39 is 101 Å². The molecule has 2 fully saturated rings. The maximum absolute atomic E-state index is 14.6. The quantitative estimate of drug-likeness (QED) is 0.192. The predicted octanol–water partition coefficient (Wildman–Crippen LogP) is 1.40. The minimum atomic E-state index is -2.09. The number of phenols is 1. The molecule has 0 spiro atoms. The van der Waals surface area contributed by atoms with Crippen LogP contribution in [0, 0.1) is 35.4 Å². The number of pyridine rings is 1. The lowest BCUT2D eigenvalue weighted by Gasteiger charge is -2.37. The summed E-state index contributed by atoms with van der Waals surface area (Å²) in [6, 6.07) is 0.780. The largest absolute Gasteiger partial charge is 0.507 e. The lowest BCUT2D eigenvalue weighted by molar-refractivity contribution is -0.158. The highest BCUT2D eigenvalue weighted by molar-refractivity contribution is 6.00. The van der Waals surface area contributed by atoms with Crippen LogP contribution in [0.1, 0.15) is 49.0 Å². The predicted molar refractivity (Wildman–Crippen MR) is 139 cm³/mol. The van der Waals surface area contributed by atoms with Crippen molar-refractivity contribution in [3.63, 3.8) is 0 Å². The fourth-order valence-electron chi connectivity index (χ4n) is 4.98. The van der Waals surface area contributed by atoms with Gasteiger partial charge in [-0.05, 0) is 37.8 Å². The average Bonchev–Trinajstić information content (AvgIpc) is 2.93. The second-order valence-corrected chi connectivity index (χ2v) is 10.7. The van der Waals surface area contributed by atoms with Crippen LogP contribution in [0.3, 0.4) is 0 Å². The van der Waals surface area contributed by atoms with Crippen LogP contribution in [0.2, 0.25) is 0 Å². The number of amides is 3. The third-order valence-electron chi connectivity index (χ3n) is 7.84. The molecule has 15 heteroatoms. The van der Waals surface area contributed by atoms with Gasteiger partial charge in [0.15, 0.2) is 5.82 Å². The molecule has 1 aromatic carbocycles. The molecule has 0 bridgehead atoms. The summed E-state index contributed by atoms with van der Waals surface area (Å²) < 4.78 is 62.0. The van der Waals surface area contributed by atoms with Crippen LogP contribution < -0.4 is 16.0 Å². The first-order chi connectivity index (χ1) is 20.3. The van der Waals surface area contributed by atoms with Gasteiger partial charge in [-0.3, -0.25) is 14.4 Å². The molecule has 232 valence electrons. The number of hydrogen-bond donors (Lipinski definition) is 5. The van der Waals surface area contributed by atoms with E-state index in [2.05, 4.69) is 20.9 Å². The normalized spacial score (nSPS) is 27.1. The van der Waals surface area contributed by atoms with Gasteiger partial charge >= 0.3 is 5.97 Å². The number of aromatic nitrogens is 1. The van der Waals surface area contributed by atoms with Crippen LogP contribution >= 0.6 is 0 Å². The Balaban J connectivity index is 1.73. The summed E-state index contributed by atoms with van der Waals surface area (Å²) in [4.78, 5) is 55.5. The summed E-state index contributed by atoms with van der Waals surface area (Å²) in [5.74, 6) is -13.8. The minimum absolute atomic E-state index is 0.234. The number of aliphatic hydroxyl groups excluding tert-OH is 1. The van der Waals surface area contributed by atoms with Crippen molar-refractivity contribution in [2.24, 2.45) is 11.8 Å². The molecule has 11 nitrogen and oxygen atoms in total. The van der Waals surface area contributed by atoms with E-state index in [1.165, 1.54) is 38.1 Å². The lowest BCUT2D eigenvalue weighted by atomic mass is 9.79. The van der Waals surface area contributed by atoms with E-state index >= 15 is 0 Å². The van der Waals surface area contributed by atoms with Crippen molar-refractivity contribution in [1.29, 1.82) is 0 Å². The van der Waals surface area contributed by atoms with Crippen molar-refractivity contribution in [1.82, 2.24) is 20.9 Å². The number of phenolic OH excluding ortho intramolecular Hbond substituents is 1. The van der Waals surface area contributed by atoms with Gasteiger partial charge in [0.05, 0.1) is 23.6 Å². The maximum atomic E-state index is 14.6. The van der Waals surface area contributed by atoms with E-state index in [4.69, 9.17) is 4.74 Å². The maximum Gasteiger partial charge on any atom is 0.329 e. The Morgan fingerprint density at radius 3 is 2.33 bits per heavy atom. The summed E-state index contributed by atoms with van der Waals surface area (Å²) >= 11 is 0. The molecule has 4 rings (SSSR count). The minimum Gasteiger partial charge on any atom is -0.507 e. The van der Waals surface area contributed by atoms with E-state index in [1.807, 2.05) is 0 Å². The number of aromatic hydroxyl groups is 1. The molecule has 0 radical (unpaired) electrons. The van der Waals surface area contributed by atoms with Crippen molar-refractivity contribution >= 4 is 23.7 Å². The lowest BCUT2D eigenvalue weighted by Crippen LogP contribution is -2.61. The highest BCUT2D eigenvalue weighted by atomic mass is 19.2. The Labute approximate surface area is 243 Å². The van der Waals surface area contributed by atoms with Crippen LogP contribution in [0.15, 0.2) is 24.3 Å². The number of halogens is 4. The Morgan fingerprint density at radius 1 is 1.02 bits per heavy atom. The van der Waals surface area contributed by atoms with Gasteiger partial charge in [0.1, 0.15) is 23.9 Å². The zero-order chi connectivity index (χ0) is 31.6. The number of benzene rings is 1. The van der Waals surface area contributed by atoms with E-state index in [-0.39, 0.29) is 11.5 Å². The zero-order valence-electron chi connectivity index (χ0n) is 23.1. The van der Waals surface area contributed by atoms with Crippen LogP contribution in [-0.4, -0.2) is 69.2 Å². The topological polar surface area (TPSA) is 167 Å². The summed E-state index contributed by atoms with van der Waals surface area (Å²) in [6.07, 6.45) is -2.37. The first-order valence-electron chi connectivity index (χ1n) is 13.6. The van der Waals surface area contributed by atoms with Gasteiger partial charge in [-0.2, -0.15) is 18.2 Å². The molecule has 2 aromatic rings. The van der Waals surface area contributed by atoms with E-state index in [9.17, 15) is 47.0 Å². The second kappa shape index (κ2) is 12.9. The van der Waals surface area contributed by atoms with Gasteiger partial charge in [0.2, 0.25) is 23.6 Å². The fourth-order valence-corrected chi connectivity index (χ4v) is 4.98. The van der Waals surface area contributed by atoms with Gasteiger partial charge in [0, 0.05) is 12.0 Å². The van der Waals surface area contributed by atoms with Crippen molar-refractivity contribution in [2.75, 3.05) is 0 Å². The van der Waals surface area contributed by atoms with Crippen molar-refractivity contribution < 1.29 is 51.7 Å². The summed E-state index contributed by atoms with van der Waals surface area (Å²) in [5, 5.41) is 28.4. The number of rotatable bonds is 5. The number of nitrogens with one attached hydrogen (secondary N) is 3. The standard InChI is InChI=1S/C28H30F4N4O7/c1-11-22(38)16(10-15-18(29)19(30)24(32)36-23(15)31)33-27(41)20(34-26(40)14-8-3-4-9-17(14)37)12(2)43-28(42)21(35-25(11)39)13-6-5-7-13/h3-4,8-9,11-13,16,20-22,37-38H,5-7,10H2,1-2H3,(H,33,41)(H,34,40)(H,35,39)/t11-,12-,16+,20+,21?,22+/m1/s1. The first-order valence-corrected chi connectivity index (χ1v) is 13.6. The van der Waals surface area contributed by atoms with Crippen LogP contribution in [0.25, 0.3) is 0 Å². The summed E-state index contributed by atoms with van der Waals surface area (Å²) in [5.41, 5.74) is -1.36. The molecule has 1 saturated heterocycles. The Bertz CT molecular complexity index is 1420. The van der Waals surface area contributed by atoms with Crippen LogP contribution in [0.5, 0.6) is 5.75 Å². The van der Waals surface area contributed by atoms with Gasteiger partial charge in [-0.1, -0.05) is 25.5 Å². The molecule has 5 N–H and O–H groups in total. The number of aliphatic hydroxyl groups is 1. The SMILES string of the molecule is C[C@H]1OC(=O)C(C2CCC2)NC(=O)[C@H](C)[C@H](O)[C@H](Cc2c(F)nc(F)c(F)c2F)NC(=O)[C@H]1NC(=O)c1ccccc1O. The van der Waals surface area contributed by atoms with E-state index in [0.29, 0.717) is 12.8 Å². The number of nitrogens with zero attached hydrogens (tertiary/aromatic N) is 1. The van der Waals surface area contributed by atoms with E-state index in [0.717, 1.165) is 6.42 Å². The number of hydrogen-bond acceptors (Lipinski definition) is 8. The highest BCUT2D eigenvalue weighted by Crippen LogP contribution is 2.31. The number of carbonyl (C=O) groups excluding carboxylic acids is 4. The summed E-state index contributed by atoms with van der Waals surface area (Å²) in [7, 11) is 0. The third kappa shape index (κ3) is 6.71. The van der Waals surface area contributed by atoms with Crippen LogP contribution in [0.4, 0.5) is 17.6 Å². The Morgan fingerprint density at radius 2 is 1.70 bits per heavy atom. The summed E-state index contributed by atoms with van der Waals surface area (Å²) in [6.45, 7) is 2.50. The van der Waals surface area contributed by atoms with Crippen molar-refractivity contribution in [3.8, 4) is 5.75 Å². The molecule has 2 heterocycles. The first kappa shape index (κ1) is 31.7. The molecule has 1 unspecified atom stereocenters. The molecular weight excluding hydrogens is 580 g/mol. The molecule has 1 aliphatic carbocycles. The molecule has 6 atom stereocenters. The molecular formula is C28H30F4N4O7. The Kier molecular flexibility index (Phi) is 9.52. The van der Waals surface area contributed by atoms with Gasteiger partial charge in [-0.15, -0.1) is 0 Å². The zero-order valence-corrected chi connectivity index (χ0v) is 23.1. The molecule has 2 aliphatic rings. The molecule has 1 aromatic heterocycles. The molecule has 1 saturated carbocycles. The average molecular weight is 611 g/mol. The fraction of sp³-hybridized carbons (Fsp3) is 0.464. The Hall–Kier alpha value is -4.27. The highest BCUT2D eigenvalue weighted by Gasteiger charge is 2.42. The second-order valence-electron chi connectivity index (χ2n) is 10.7. The number of carbonyl (C=O) groups is 4. The monoisotopic (exact) mass is 610 g/mol. The molecule has 3 amide bonds. The number of cyclic esters (lactones) is 1. The van der Waals surface area contributed by atoms with Gasteiger partial charge in [-0.25, -0.2) is 9.18 Å². The molecule has 43 heavy (non-hydrogen) atoms. The van der Waals surface area contributed by atoms with Crippen LogP contribution in [-0.2, 0) is 25.5 Å². The van der Waals surface area contributed by atoms with Crippen molar-refractivity contribution in [2.45, 2.75) is 69.9 Å². The van der Waals surface area contributed by atoms with Crippen molar-refractivity contribution in [3.05, 3.63) is 58.9 Å². The number of ether oxygens (including phenoxy) is 1. The number of para-hydroxylation sites is 1. The smallest absolute Gasteiger partial charge is 0.329 e. The number of esters is 1. The van der Waals surface area contributed by atoms with E-state index in [1.54, 1.807) is 0 Å². The van der Waals surface area contributed by atoms with Gasteiger partial charge in [0.25, 0.3) is 11.9 Å².